The lowest BCUT2D eigenvalue weighted by Crippen LogP contribution is -2.38. The Morgan fingerprint density at radius 3 is 2.53 bits per heavy atom. The third-order valence-corrected chi connectivity index (χ3v) is 3.90. The summed E-state index contributed by atoms with van der Waals surface area (Å²) in [4.78, 5) is 4.03. The first-order chi connectivity index (χ1) is 8.15. The van der Waals surface area contributed by atoms with Gasteiger partial charge in [-0.15, -0.1) is 4.83 Å². The first-order valence-electron chi connectivity index (χ1n) is 5.29. The van der Waals surface area contributed by atoms with E-state index in [0.717, 1.165) is 0 Å². The van der Waals surface area contributed by atoms with Crippen molar-refractivity contribution in [1.29, 1.82) is 0 Å². The Morgan fingerprint density at radius 2 is 1.88 bits per heavy atom. The first-order valence-corrected chi connectivity index (χ1v) is 6.77. The normalized spacial score (nSPS) is 17.1. The van der Waals surface area contributed by atoms with E-state index in [9.17, 15) is 8.42 Å². The van der Waals surface area contributed by atoms with Gasteiger partial charge in [0.15, 0.2) is 0 Å². The van der Waals surface area contributed by atoms with Gasteiger partial charge in [0, 0.05) is 13.1 Å². The van der Waals surface area contributed by atoms with Crippen LogP contribution >= 0.6 is 0 Å². The molecule has 3 N–H and O–H groups in total. The molecule has 94 valence electrons. The molecule has 0 aliphatic carbocycles. The van der Waals surface area contributed by atoms with Crippen LogP contribution in [0.25, 0.3) is 0 Å². The highest BCUT2D eigenvalue weighted by atomic mass is 32.2. The molecule has 0 amide bonds. The van der Waals surface area contributed by atoms with E-state index < -0.39 is 10.0 Å². The quantitative estimate of drug-likeness (QED) is 0.572. The van der Waals surface area contributed by atoms with E-state index in [4.69, 9.17) is 10.6 Å². The lowest BCUT2D eigenvalue weighted by molar-refractivity contribution is 0.122. The fraction of sp³-hybridized carbons (Fsp3) is 0.400. The van der Waals surface area contributed by atoms with Crippen molar-refractivity contribution in [3.05, 3.63) is 24.3 Å². The lowest BCUT2D eigenvalue weighted by Gasteiger charge is -2.30. The molecule has 0 unspecified atom stereocenters. The summed E-state index contributed by atoms with van der Waals surface area (Å²) < 4.78 is 28.8. The van der Waals surface area contributed by atoms with Crippen molar-refractivity contribution in [2.24, 2.45) is 5.84 Å². The summed E-state index contributed by atoms with van der Waals surface area (Å²) in [7, 11) is -3.63. The molecular weight excluding hydrogens is 242 g/mol. The summed E-state index contributed by atoms with van der Waals surface area (Å²) >= 11 is 0. The van der Waals surface area contributed by atoms with E-state index in [1.165, 1.54) is 0 Å². The molecule has 0 atom stereocenters. The molecule has 0 spiro atoms. The highest BCUT2D eigenvalue weighted by Gasteiger charge is 2.21. The minimum Gasteiger partial charge on any atom is -0.378 e. The maximum absolute atomic E-state index is 11.8. The van der Waals surface area contributed by atoms with Gasteiger partial charge < -0.3 is 9.64 Å². The molecule has 1 heterocycles. The second kappa shape index (κ2) is 5.01. The number of nitrogens with zero attached hydrogens (tertiary/aromatic N) is 1. The standard InChI is InChI=1S/C10H15N3O3S/c11-12-17(14,15)10-4-2-1-3-9(10)13-5-7-16-8-6-13/h1-4,12H,5-8,11H2. The van der Waals surface area contributed by atoms with Crippen LogP contribution in [-0.2, 0) is 14.8 Å². The molecule has 0 saturated carbocycles. The van der Waals surface area contributed by atoms with Gasteiger partial charge in [0.05, 0.1) is 18.9 Å². The van der Waals surface area contributed by atoms with Gasteiger partial charge in [-0.25, -0.2) is 8.42 Å². The predicted octanol–water partition coefficient (Wildman–Crippen LogP) is -0.325. The molecule has 6 nitrogen and oxygen atoms in total. The van der Waals surface area contributed by atoms with Gasteiger partial charge in [0.1, 0.15) is 4.90 Å². The van der Waals surface area contributed by atoms with Crippen molar-refractivity contribution in [3.63, 3.8) is 0 Å². The fourth-order valence-corrected chi connectivity index (χ4v) is 2.67. The Kier molecular flexibility index (Phi) is 3.63. The number of hydrazine groups is 1. The van der Waals surface area contributed by atoms with Crippen molar-refractivity contribution in [3.8, 4) is 0 Å². The number of sulfonamides is 1. The van der Waals surface area contributed by atoms with Crippen molar-refractivity contribution in [1.82, 2.24) is 4.83 Å². The monoisotopic (exact) mass is 257 g/mol. The van der Waals surface area contributed by atoms with Crippen LogP contribution in [0.1, 0.15) is 0 Å². The van der Waals surface area contributed by atoms with Crippen LogP contribution in [0.15, 0.2) is 29.2 Å². The molecule has 7 heteroatoms. The summed E-state index contributed by atoms with van der Waals surface area (Å²) in [5.41, 5.74) is 0.661. The Balaban J connectivity index is 2.40. The van der Waals surface area contributed by atoms with Gasteiger partial charge >= 0.3 is 0 Å². The highest BCUT2D eigenvalue weighted by molar-refractivity contribution is 7.89. The molecule has 1 aliphatic rings. The number of nitrogens with two attached hydrogens (primary N) is 1. The zero-order valence-electron chi connectivity index (χ0n) is 9.30. The van der Waals surface area contributed by atoms with Gasteiger partial charge in [-0.3, -0.25) is 5.84 Å². The molecule has 1 aromatic rings. The Morgan fingerprint density at radius 1 is 1.24 bits per heavy atom. The minimum atomic E-state index is -3.63. The predicted molar refractivity (Wildman–Crippen MR) is 64.0 cm³/mol. The van der Waals surface area contributed by atoms with Gasteiger partial charge in [-0.2, -0.15) is 0 Å². The smallest absolute Gasteiger partial charge is 0.255 e. The number of benzene rings is 1. The van der Waals surface area contributed by atoms with E-state index in [2.05, 4.69) is 0 Å². The third-order valence-electron chi connectivity index (χ3n) is 2.66. The van der Waals surface area contributed by atoms with E-state index in [0.29, 0.717) is 32.0 Å². The summed E-state index contributed by atoms with van der Waals surface area (Å²) in [5, 5.41) is 0. The molecule has 1 fully saturated rings. The number of hydrogen-bond acceptors (Lipinski definition) is 5. The van der Waals surface area contributed by atoms with Crippen molar-refractivity contribution in [2.45, 2.75) is 4.90 Å². The number of rotatable bonds is 3. The molecule has 0 radical (unpaired) electrons. The van der Waals surface area contributed by atoms with Crippen LogP contribution in [0.5, 0.6) is 0 Å². The molecule has 1 aliphatic heterocycles. The summed E-state index contributed by atoms with van der Waals surface area (Å²) in [6.45, 7) is 2.56. The summed E-state index contributed by atoms with van der Waals surface area (Å²) in [6, 6.07) is 6.80. The number of nitrogens with one attached hydrogen (secondary N) is 1. The van der Waals surface area contributed by atoms with E-state index >= 15 is 0 Å². The van der Waals surface area contributed by atoms with Gasteiger partial charge in [-0.1, -0.05) is 12.1 Å². The molecule has 2 rings (SSSR count). The van der Waals surface area contributed by atoms with Crippen molar-refractivity contribution in [2.75, 3.05) is 31.2 Å². The minimum absolute atomic E-state index is 0.199. The van der Waals surface area contributed by atoms with Crippen LogP contribution in [0.4, 0.5) is 5.69 Å². The lowest BCUT2D eigenvalue weighted by atomic mass is 10.2. The first kappa shape index (κ1) is 12.3. The largest absolute Gasteiger partial charge is 0.378 e. The fourth-order valence-electron chi connectivity index (χ4n) is 1.81. The average molecular weight is 257 g/mol. The number of anilines is 1. The van der Waals surface area contributed by atoms with Gasteiger partial charge in [0.2, 0.25) is 0 Å². The highest BCUT2D eigenvalue weighted by Crippen LogP contribution is 2.25. The number of hydrogen-bond donors (Lipinski definition) is 2. The zero-order valence-corrected chi connectivity index (χ0v) is 10.1. The van der Waals surface area contributed by atoms with E-state index in [1.807, 2.05) is 9.73 Å². The molecule has 0 aromatic heterocycles. The van der Waals surface area contributed by atoms with E-state index in [-0.39, 0.29) is 4.90 Å². The van der Waals surface area contributed by atoms with Crippen LogP contribution in [0, 0.1) is 0 Å². The molecule has 1 aromatic carbocycles. The average Bonchev–Trinajstić information content (AvgIpc) is 2.40. The third kappa shape index (κ3) is 2.58. The number of morpholine rings is 1. The maximum atomic E-state index is 11.8. The zero-order chi connectivity index (χ0) is 12.3. The number of ether oxygens (including phenoxy) is 1. The second-order valence-corrected chi connectivity index (χ2v) is 5.37. The van der Waals surface area contributed by atoms with Crippen LogP contribution in [-0.4, -0.2) is 34.7 Å². The van der Waals surface area contributed by atoms with Gasteiger partial charge in [-0.05, 0) is 12.1 Å². The molecule has 1 saturated heterocycles. The molecule has 0 bridgehead atoms. The van der Waals surface area contributed by atoms with Crippen LogP contribution < -0.4 is 15.6 Å². The Hall–Kier alpha value is -1.15. The van der Waals surface area contributed by atoms with Crippen LogP contribution in [0.2, 0.25) is 0 Å². The van der Waals surface area contributed by atoms with Crippen molar-refractivity contribution >= 4 is 15.7 Å². The summed E-state index contributed by atoms with van der Waals surface area (Å²) in [5.74, 6) is 5.06. The maximum Gasteiger partial charge on any atom is 0.255 e. The Labute approximate surface area is 100 Å². The van der Waals surface area contributed by atoms with Gasteiger partial charge in [0.25, 0.3) is 10.0 Å². The Bertz CT molecular complexity index is 483. The second-order valence-electron chi connectivity index (χ2n) is 3.69. The van der Waals surface area contributed by atoms with Crippen molar-refractivity contribution < 1.29 is 13.2 Å². The number of para-hydroxylation sites is 1. The topological polar surface area (TPSA) is 84.7 Å². The summed E-state index contributed by atoms with van der Waals surface area (Å²) in [6.07, 6.45) is 0. The molecule has 17 heavy (non-hydrogen) atoms. The molecular formula is C10H15N3O3S. The van der Waals surface area contributed by atoms with E-state index in [1.54, 1.807) is 24.3 Å². The SMILES string of the molecule is NNS(=O)(=O)c1ccccc1N1CCOCC1. The van der Waals surface area contributed by atoms with Crippen LogP contribution in [0.3, 0.4) is 0 Å².